The van der Waals surface area contributed by atoms with Crippen molar-refractivity contribution in [2.24, 2.45) is 0 Å². The normalized spacial score (nSPS) is 11.0. The fourth-order valence-corrected chi connectivity index (χ4v) is 3.39. The second-order valence-corrected chi connectivity index (χ2v) is 7.08. The minimum atomic E-state index is -0.259. The van der Waals surface area contributed by atoms with E-state index in [4.69, 9.17) is 9.47 Å². The number of carbonyl (C=O) groups excluding carboxylic acids is 1. The molecule has 5 nitrogen and oxygen atoms in total. The average Bonchev–Trinajstić information content (AvgIpc) is 2.96. The molecule has 0 aliphatic heterocycles. The molecule has 2 aromatic carbocycles. The highest BCUT2D eigenvalue weighted by Gasteiger charge is 2.15. The lowest BCUT2D eigenvalue weighted by Crippen LogP contribution is -2.18. The van der Waals surface area contributed by atoms with Crippen molar-refractivity contribution in [2.45, 2.75) is 31.7 Å². The number of esters is 1. The van der Waals surface area contributed by atoms with Gasteiger partial charge in [0.2, 0.25) is 0 Å². The minimum Gasteiger partial charge on any atom is -0.493 e. The van der Waals surface area contributed by atoms with Crippen molar-refractivity contribution < 1.29 is 14.3 Å². The molecule has 0 bridgehead atoms. The van der Waals surface area contributed by atoms with E-state index in [2.05, 4.69) is 4.98 Å². The van der Waals surface area contributed by atoms with Gasteiger partial charge in [0.1, 0.15) is 12.3 Å². The Bertz CT molecular complexity index is 862. The number of thioether (sulfide) groups is 1. The van der Waals surface area contributed by atoms with Gasteiger partial charge in [0.15, 0.2) is 5.16 Å². The zero-order valence-electron chi connectivity index (χ0n) is 14.9. The maximum atomic E-state index is 12.1. The molecule has 0 atom stereocenters. The second-order valence-electron chi connectivity index (χ2n) is 6.02. The Morgan fingerprint density at radius 2 is 1.85 bits per heavy atom. The maximum Gasteiger partial charge on any atom is 0.326 e. The van der Waals surface area contributed by atoms with Gasteiger partial charge >= 0.3 is 5.97 Å². The fourth-order valence-electron chi connectivity index (χ4n) is 2.55. The maximum absolute atomic E-state index is 12.1. The summed E-state index contributed by atoms with van der Waals surface area (Å²) < 4.78 is 12.9. The third-order valence-corrected chi connectivity index (χ3v) is 4.54. The summed E-state index contributed by atoms with van der Waals surface area (Å²) >= 11 is 1.57. The first-order valence-electron chi connectivity index (χ1n) is 8.59. The van der Waals surface area contributed by atoms with Crippen LogP contribution in [0.15, 0.2) is 59.8 Å². The lowest BCUT2D eigenvalue weighted by atomic mass is 10.3. The Morgan fingerprint density at radius 1 is 1.12 bits per heavy atom. The predicted molar refractivity (Wildman–Crippen MR) is 104 cm³/mol. The fraction of sp³-hybridized carbons (Fsp3) is 0.300. The van der Waals surface area contributed by atoms with E-state index in [0.29, 0.717) is 6.61 Å². The molecule has 0 radical (unpaired) electrons. The van der Waals surface area contributed by atoms with E-state index >= 15 is 0 Å². The molecule has 0 aliphatic carbocycles. The van der Waals surface area contributed by atoms with Gasteiger partial charge < -0.3 is 14.0 Å². The van der Waals surface area contributed by atoms with E-state index in [0.717, 1.165) is 27.7 Å². The van der Waals surface area contributed by atoms with Crippen LogP contribution in [-0.2, 0) is 16.1 Å². The van der Waals surface area contributed by atoms with Crippen LogP contribution in [0.1, 0.15) is 13.8 Å². The first kappa shape index (κ1) is 18.3. The van der Waals surface area contributed by atoms with Crippen molar-refractivity contribution in [2.75, 3.05) is 12.4 Å². The summed E-state index contributed by atoms with van der Waals surface area (Å²) in [5.41, 5.74) is 1.80. The molecule has 136 valence electrons. The molecule has 0 N–H and O–H groups in total. The summed E-state index contributed by atoms with van der Waals surface area (Å²) in [6, 6.07) is 17.5. The smallest absolute Gasteiger partial charge is 0.326 e. The molecule has 0 saturated heterocycles. The molecule has 3 aromatic rings. The topological polar surface area (TPSA) is 53.4 Å². The lowest BCUT2D eigenvalue weighted by Gasteiger charge is -2.11. The number of nitrogens with zero attached hydrogens (tertiary/aromatic N) is 2. The average molecular weight is 370 g/mol. The summed E-state index contributed by atoms with van der Waals surface area (Å²) in [7, 11) is 0. The van der Waals surface area contributed by atoms with E-state index in [1.54, 1.807) is 11.8 Å². The highest BCUT2D eigenvalue weighted by Crippen LogP contribution is 2.24. The van der Waals surface area contributed by atoms with E-state index in [1.807, 2.05) is 73.0 Å². The van der Waals surface area contributed by atoms with Crippen molar-refractivity contribution in [1.29, 1.82) is 0 Å². The second kappa shape index (κ2) is 8.76. The Balaban J connectivity index is 1.68. The Hall–Kier alpha value is -2.47. The number of aromatic nitrogens is 2. The monoisotopic (exact) mass is 370 g/mol. The van der Waals surface area contributed by atoms with Crippen LogP contribution in [0.2, 0.25) is 0 Å². The summed E-state index contributed by atoms with van der Waals surface area (Å²) in [6.07, 6.45) is -0.132. The number of fused-ring (bicyclic) bond motifs is 1. The van der Waals surface area contributed by atoms with Crippen molar-refractivity contribution in [3.63, 3.8) is 0 Å². The minimum absolute atomic E-state index is 0.132. The van der Waals surface area contributed by atoms with Crippen LogP contribution in [0.5, 0.6) is 5.75 Å². The van der Waals surface area contributed by atoms with E-state index < -0.39 is 0 Å². The van der Waals surface area contributed by atoms with Gasteiger partial charge in [0.25, 0.3) is 0 Å². The number of benzene rings is 2. The summed E-state index contributed by atoms with van der Waals surface area (Å²) in [5, 5.41) is 0.795. The molecule has 0 fully saturated rings. The number of imidazole rings is 1. The molecular formula is C20H22N2O3S. The highest BCUT2D eigenvalue weighted by molar-refractivity contribution is 7.99. The molecule has 3 rings (SSSR count). The van der Waals surface area contributed by atoms with Crippen molar-refractivity contribution in [3.05, 3.63) is 54.6 Å². The molecule has 0 spiro atoms. The molecule has 1 heterocycles. The molecule has 0 amide bonds. The van der Waals surface area contributed by atoms with Crippen molar-refractivity contribution in [1.82, 2.24) is 9.55 Å². The quantitative estimate of drug-likeness (QED) is 0.339. The first-order valence-corrected chi connectivity index (χ1v) is 9.57. The molecule has 0 saturated carbocycles. The lowest BCUT2D eigenvalue weighted by molar-refractivity contribution is -0.148. The Morgan fingerprint density at radius 3 is 2.62 bits per heavy atom. The third kappa shape index (κ3) is 4.79. The Labute approximate surface area is 157 Å². The van der Waals surface area contributed by atoms with Crippen LogP contribution in [-0.4, -0.2) is 34.0 Å². The largest absolute Gasteiger partial charge is 0.493 e. The van der Waals surface area contributed by atoms with Crippen LogP contribution in [0, 0.1) is 0 Å². The Kier molecular flexibility index (Phi) is 6.17. The summed E-state index contributed by atoms with van der Waals surface area (Å²) in [5.74, 6) is 1.32. The molecule has 1 aromatic heterocycles. The van der Waals surface area contributed by atoms with Gasteiger partial charge in [-0.15, -0.1) is 0 Å². The third-order valence-electron chi connectivity index (χ3n) is 3.60. The molecule has 0 unspecified atom stereocenters. The van der Waals surface area contributed by atoms with E-state index in [1.165, 1.54) is 0 Å². The number of rotatable bonds is 8. The highest BCUT2D eigenvalue weighted by atomic mass is 32.2. The van der Waals surface area contributed by atoms with Crippen molar-refractivity contribution in [3.8, 4) is 5.75 Å². The number of para-hydroxylation sites is 3. The molecule has 0 aliphatic rings. The predicted octanol–water partition coefficient (Wildman–Crippen LogP) is 4.16. The van der Waals surface area contributed by atoms with Crippen LogP contribution < -0.4 is 4.74 Å². The van der Waals surface area contributed by atoms with Crippen LogP contribution in [0.4, 0.5) is 0 Å². The van der Waals surface area contributed by atoms with Crippen LogP contribution in [0.25, 0.3) is 11.0 Å². The van der Waals surface area contributed by atoms with Gasteiger partial charge in [-0.25, -0.2) is 4.98 Å². The number of hydrogen-bond acceptors (Lipinski definition) is 5. The zero-order valence-corrected chi connectivity index (χ0v) is 15.7. The van der Waals surface area contributed by atoms with Crippen LogP contribution >= 0.6 is 11.8 Å². The molecular weight excluding hydrogens is 348 g/mol. The molecule has 26 heavy (non-hydrogen) atoms. The summed E-state index contributed by atoms with van der Waals surface area (Å²) in [4.78, 5) is 16.8. The molecule has 6 heteroatoms. The number of carbonyl (C=O) groups is 1. The van der Waals surface area contributed by atoms with E-state index in [-0.39, 0.29) is 18.6 Å². The van der Waals surface area contributed by atoms with Gasteiger partial charge in [-0.1, -0.05) is 42.1 Å². The van der Waals surface area contributed by atoms with Crippen LogP contribution in [0.3, 0.4) is 0 Å². The van der Waals surface area contributed by atoms with E-state index in [9.17, 15) is 4.79 Å². The van der Waals surface area contributed by atoms with Gasteiger partial charge in [0.05, 0.1) is 23.7 Å². The standard InChI is InChI=1S/C20H22N2O3S/c1-15(2)25-19(23)14-22-18-11-7-6-10-17(18)21-20(22)26-13-12-24-16-8-4-3-5-9-16/h3-11,15H,12-14H2,1-2H3. The van der Waals surface area contributed by atoms with Gasteiger partial charge in [0, 0.05) is 5.75 Å². The zero-order chi connectivity index (χ0) is 18.4. The first-order chi connectivity index (χ1) is 12.6. The summed E-state index contributed by atoms with van der Waals surface area (Å²) in [6.45, 7) is 4.41. The number of ether oxygens (including phenoxy) is 2. The van der Waals surface area contributed by atoms with Gasteiger partial charge in [-0.3, -0.25) is 4.79 Å². The van der Waals surface area contributed by atoms with Crippen molar-refractivity contribution >= 4 is 28.8 Å². The van der Waals surface area contributed by atoms with Gasteiger partial charge in [-0.2, -0.15) is 0 Å². The number of hydrogen-bond donors (Lipinski definition) is 0. The SMILES string of the molecule is CC(C)OC(=O)Cn1c(SCCOc2ccccc2)nc2ccccc21. The van der Waals surface area contributed by atoms with Gasteiger partial charge in [-0.05, 0) is 38.1 Å².